The van der Waals surface area contributed by atoms with Crippen LogP contribution in [-0.4, -0.2) is 0 Å². The summed E-state index contributed by atoms with van der Waals surface area (Å²) in [4.78, 5) is 2.36. The van der Waals surface area contributed by atoms with Crippen LogP contribution >= 0.6 is 11.3 Å². The summed E-state index contributed by atoms with van der Waals surface area (Å²) in [6, 6.07) is 62.4. The summed E-state index contributed by atoms with van der Waals surface area (Å²) in [6.45, 7) is 0. The van der Waals surface area contributed by atoms with E-state index in [1.54, 1.807) is 11.3 Å². The molecule has 0 aliphatic rings. The zero-order valence-electron chi connectivity index (χ0n) is 27.9. The van der Waals surface area contributed by atoms with Gasteiger partial charge in [-0.2, -0.15) is 0 Å². The zero-order valence-corrected chi connectivity index (χ0v) is 28.7. The van der Waals surface area contributed by atoms with E-state index in [4.69, 9.17) is 8.83 Å². The molecule has 0 bridgehead atoms. The number of hydrogen-bond donors (Lipinski definition) is 0. The molecule has 0 amide bonds. The summed E-state index contributed by atoms with van der Waals surface area (Å²) in [7, 11) is 0. The van der Waals surface area contributed by atoms with Gasteiger partial charge >= 0.3 is 0 Å². The largest absolute Gasteiger partial charge is 0.455 e. The summed E-state index contributed by atoms with van der Waals surface area (Å²) in [5.41, 5.74) is 11.3. The van der Waals surface area contributed by atoms with Crippen LogP contribution in [0.25, 0.3) is 86.3 Å². The van der Waals surface area contributed by atoms with Crippen LogP contribution in [0.15, 0.2) is 185 Å². The fourth-order valence-corrected chi connectivity index (χ4v) is 8.99. The van der Waals surface area contributed by atoms with Crippen molar-refractivity contribution in [3.63, 3.8) is 0 Å². The fourth-order valence-electron chi connectivity index (χ4n) is 7.85. The molecule has 0 aliphatic heterocycles. The maximum absolute atomic E-state index is 6.81. The molecule has 0 saturated heterocycles. The highest BCUT2D eigenvalue weighted by Gasteiger charge is 2.26. The minimum Gasteiger partial charge on any atom is -0.455 e. The van der Waals surface area contributed by atoms with Crippen LogP contribution in [0, 0.1) is 0 Å². The molecule has 3 heterocycles. The third kappa shape index (κ3) is 4.45. The first-order valence-electron chi connectivity index (χ1n) is 17.5. The van der Waals surface area contributed by atoms with E-state index >= 15 is 0 Å². The van der Waals surface area contributed by atoms with Gasteiger partial charge in [0.05, 0.1) is 16.8 Å². The first-order valence-corrected chi connectivity index (χ1v) is 18.3. The van der Waals surface area contributed by atoms with Crippen molar-refractivity contribution in [2.75, 3.05) is 4.90 Å². The standard InChI is InChI=1S/C48H29NO2S/c1-2-11-30(12-3-1)31-21-23-32(24-22-31)33-25-27-34(28-26-33)49(39-17-10-16-36-35-13-4-7-18-41(35)50-47(36)39)40-29-44-46(38-15-6-9-20-43(38)52-44)48-45(40)37-14-5-8-19-42(37)51-48/h1-29H. The van der Waals surface area contributed by atoms with Crippen molar-refractivity contribution in [1.82, 2.24) is 0 Å². The lowest BCUT2D eigenvalue weighted by Crippen LogP contribution is -2.10. The minimum absolute atomic E-state index is 0.849. The highest BCUT2D eigenvalue weighted by Crippen LogP contribution is 2.51. The van der Waals surface area contributed by atoms with Gasteiger partial charge in [-0.05, 0) is 64.7 Å². The van der Waals surface area contributed by atoms with Gasteiger partial charge in [0.15, 0.2) is 5.58 Å². The Hall–Kier alpha value is -6.62. The van der Waals surface area contributed by atoms with Crippen molar-refractivity contribution in [2.45, 2.75) is 0 Å². The van der Waals surface area contributed by atoms with Gasteiger partial charge in [0.2, 0.25) is 0 Å². The van der Waals surface area contributed by atoms with Gasteiger partial charge in [-0.1, -0.05) is 133 Å². The Labute approximate surface area is 303 Å². The molecule has 0 N–H and O–H groups in total. The number of nitrogens with zero attached hydrogens (tertiary/aromatic N) is 1. The van der Waals surface area contributed by atoms with Gasteiger partial charge in [0.25, 0.3) is 0 Å². The molecular weight excluding hydrogens is 655 g/mol. The maximum Gasteiger partial charge on any atom is 0.159 e. The monoisotopic (exact) mass is 683 g/mol. The highest BCUT2D eigenvalue weighted by atomic mass is 32.1. The van der Waals surface area contributed by atoms with E-state index in [9.17, 15) is 0 Å². The van der Waals surface area contributed by atoms with Crippen molar-refractivity contribution in [2.24, 2.45) is 0 Å². The molecular formula is C48H29NO2S. The summed E-state index contributed by atoms with van der Waals surface area (Å²) in [5.74, 6) is 0. The van der Waals surface area contributed by atoms with Crippen molar-refractivity contribution < 1.29 is 8.83 Å². The Morgan fingerprint density at radius 3 is 1.67 bits per heavy atom. The Balaban J connectivity index is 1.16. The Morgan fingerprint density at radius 1 is 0.365 bits per heavy atom. The van der Waals surface area contributed by atoms with Gasteiger partial charge in [-0.25, -0.2) is 0 Å². The lowest BCUT2D eigenvalue weighted by molar-refractivity contribution is 0.669. The lowest BCUT2D eigenvalue weighted by Gasteiger charge is -2.26. The van der Waals surface area contributed by atoms with E-state index in [-0.39, 0.29) is 0 Å². The van der Waals surface area contributed by atoms with E-state index in [2.05, 4.69) is 163 Å². The number of fused-ring (bicyclic) bond motifs is 10. The van der Waals surface area contributed by atoms with E-state index in [1.807, 2.05) is 18.2 Å². The van der Waals surface area contributed by atoms with Crippen LogP contribution in [0.3, 0.4) is 0 Å². The zero-order chi connectivity index (χ0) is 34.2. The molecule has 3 aromatic heterocycles. The molecule has 0 atom stereocenters. The summed E-state index contributed by atoms with van der Waals surface area (Å²) in [5, 5.41) is 6.73. The number of benzene rings is 8. The van der Waals surface area contributed by atoms with E-state index in [0.29, 0.717) is 0 Å². The number of rotatable bonds is 5. The number of thiophene rings is 1. The van der Waals surface area contributed by atoms with E-state index in [0.717, 1.165) is 71.9 Å². The van der Waals surface area contributed by atoms with Crippen molar-refractivity contribution in [3.05, 3.63) is 176 Å². The minimum atomic E-state index is 0.849. The second-order valence-electron chi connectivity index (χ2n) is 13.2. The average molecular weight is 684 g/mol. The molecule has 52 heavy (non-hydrogen) atoms. The first kappa shape index (κ1) is 29.1. The van der Waals surface area contributed by atoms with E-state index in [1.165, 1.54) is 31.5 Å². The van der Waals surface area contributed by atoms with Crippen LogP contribution in [0.4, 0.5) is 17.1 Å². The number of hydrogen-bond acceptors (Lipinski definition) is 4. The summed E-state index contributed by atoms with van der Waals surface area (Å²) >= 11 is 1.80. The second kappa shape index (κ2) is 11.5. The average Bonchev–Trinajstić information content (AvgIpc) is 3.90. The SMILES string of the molecule is c1ccc(-c2ccc(-c3ccc(N(c4cccc5c4oc4ccccc45)c4cc5sc6ccccc6c5c5oc6ccccc6c45)cc3)cc2)cc1. The fraction of sp³-hybridized carbons (Fsp3) is 0. The predicted molar refractivity (Wildman–Crippen MR) is 219 cm³/mol. The molecule has 0 radical (unpaired) electrons. The molecule has 0 spiro atoms. The molecule has 11 aromatic rings. The quantitative estimate of drug-likeness (QED) is 0.181. The van der Waals surface area contributed by atoms with Crippen LogP contribution in [-0.2, 0) is 0 Å². The van der Waals surface area contributed by atoms with Crippen molar-refractivity contribution in [3.8, 4) is 22.3 Å². The Kier molecular flexibility index (Phi) is 6.42. The molecule has 4 heteroatoms. The Morgan fingerprint density at radius 2 is 0.923 bits per heavy atom. The molecule has 3 nitrogen and oxygen atoms in total. The summed E-state index contributed by atoms with van der Waals surface area (Å²) < 4.78 is 15.9. The van der Waals surface area contributed by atoms with Crippen LogP contribution in [0.2, 0.25) is 0 Å². The molecule has 0 fully saturated rings. The van der Waals surface area contributed by atoms with Crippen molar-refractivity contribution in [1.29, 1.82) is 0 Å². The molecule has 0 aliphatic carbocycles. The van der Waals surface area contributed by atoms with Crippen molar-refractivity contribution >= 4 is 92.4 Å². The summed E-state index contributed by atoms with van der Waals surface area (Å²) in [6.07, 6.45) is 0. The third-order valence-corrected chi connectivity index (χ3v) is 11.4. The van der Waals surface area contributed by atoms with E-state index < -0.39 is 0 Å². The van der Waals surface area contributed by atoms with Gasteiger partial charge in [-0.15, -0.1) is 11.3 Å². The molecule has 8 aromatic carbocycles. The first-order chi connectivity index (χ1) is 25.8. The third-order valence-electron chi connectivity index (χ3n) is 10.3. The van der Waals surface area contributed by atoms with Crippen LogP contribution in [0.5, 0.6) is 0 Å². The molecule has 0 saturated carbocycles. The highest BCUT2D eigenvalue weighted by molar-refractivity contribution is 7.26. The smallest absolute Gasteiger partial charge is 0.159 e. The van der Waals surface area contributed by atoms with Gasteiger partial charge < -0.3 is 13.7 Å². The topological polar surface area (TPSA) is 29.5 Å². The Bertz CT molecular complexity index is 3110. The lowest BCUT2D eigenvalue weighted by atomic mass is 9.99. The number of furan rings is 2. The van der Waals surface area contributed by atoms with Gasteiger partial charge in [0, 0.05) is 42.0 Å². The predicted octanol–water partition coefficient (Wildman–Crippen LogP) is 14.7. The molecule has 244 valence electrons. The van der Waals surface area contributed by atoms with Gasteiger partial charge in [0.1, 0.15) is 16.7 Å². The molecule has 11 rings (SSSR count). The maximum atomic E-state index is 6.81. The second-order valence-corrected chi connectivity index (χ2v) is 14.3. The van der Waals surface area contributed by atoms with Crippen LogP contribution in [0.1, 0.15) is 0 Å². The normalized spacial score (nSPS) is 11.8. The van der Waals surface area contributed by atoms with Gasteiger partial charge in [-0.3, -0.25) is 0 Å². The number of anilines is 3. The molecule has 0 unspecified atom stereocenters. The number of para-hydroxylation sites is 3. The van der Waals surface area contributed by atoms with Crippen LogP contribution < -0.4 is 4.90 Å².